The Labute approximate surface area is 149 Å². The van der Waals surface area contributed by atoms with Crippen LogP contribution in [-0.2, 0) is 9.59 Å². The zero-order valence-electron chi connectivity index (χ0n) is 14.3. The Morgan fingerprint density at radius 2 is 2.04 bits per heavy atom. The van der Waals surface area contributed by atoms with Crippen molar-refractivity contribution in [2.75, 3.05) is 32.8 Å². The number of piperazine rings is 1. The number of imide groups is 1. The number of nitrogens with zero attached hydrogens (tertiary/aromatic N) is 3. The molecular weight excluding hydrogens is 342 g/mol. The molecule has 4 amide bonds. The van der Waals surface area contributed by atoms with Crippen LogP contribution < -0.4 is 4.74 Å². The summed E-state index contributed by atoms with van der Waals surface area (Å²) >= 11 is 0. The molecule has 2 heterocycles. The average Bonchev–Trinajstić information content (AvgIpc) is 2.89. The van der Waals surface area contributed by atoms with Crippen LogP contribution in [-0.4, -0.2) is 82.4 Å². The molecule has 9 nitrogen and oxygen atoms in total. The standard InChI is InChI=1S/C17H19N3O6/c1-2-19-16(24)13-9-18(6-7-20(13)17(19)25)15(23)11-4-3-5-12(8-11)26-10-14(21)22/h3-5,8,13H,2,6-7,9-10H2,1H3,(H,21,22). The van der Waals surface area contributed by atoms with E-state index in [1.807, 2.05) is 0 Å². The number of carbonyl (C=O) groups excluding carboxylic acids is 3. The van der Waals surface area contributed by atoms with Crippen LogP contribution in [0, 0.1) is 0 Å². The van der Waals surface area contributed by atoms with E-state index < -0.39 is 18.6 Å². The second kappa shape index (κ2) is 7.03. The van der Waals surface area contributed by atoms with Gasteiger partial charge in [-0.1, -0.05) is 6.07 Å². The van der Waals surface area contributed by atoms with E-state index >= 15 is 0 Å². The Hall–Kier alpha value is -3.10. The first-order chi connectivity index (χ1) is 12.4. The van der Waals surface area contributed by atoms with E-state index in [-0.39, 0.29) is 30.1 Å². The first kappa shape index (κ1) is 17.7. The minimum Gasteiger partial charge on any atom is -0.482 e. The van der Waals surface area contributed by atoms with Crippen LogP contribution in [0.4, 0.5) is 4.79 Å². The van der Waals surface area contributed by atoms with Gasteiger partial charge in [-0.25, -0.2) is 9.59 Å². The topological polar surface area (TPSA) is 107 Å². The number of urea groups is 1. The lowest BCUT2D eigenvalue weighted by atomic mass is 10.1. The van der Waals surface area contributed by atoms with Gasteiger partial charge >= 0.3 is 12.0 Å². The monoisotopic (exact) mass is 361 g/mol. The molecule has 2 aliphatic heterocycles. The first-order valence-corrected chi connectivity index (χ1v) is 8.28. The number of carboxylic acids is 1. The van der Waals surface area contributed by atoms with Crippen LogP contribution in [0.5, 0.6) is 5.75 Å². The summed E-state index contributed by atoms with van der Waals surface area (Å²) in [7, 11) is 0. The van der Waals surface area contributed by atoms with Gasteiger partial charge < -0.3 is 19.6 Å². The van der Waals surface area contributed by atoms with Crippen molar-refractivity contribution in [3.05, 3.63) is 29.8 Å². The van der Waals surface area contributed by atoms with E-state index in [0.29, 0.717) is 25.2 Å². The third-order valence-electron chi connectivity index (χ3n) is 4.45. The van der Waals surface area contributed by atoms with Crippen molar-refractivity contribution in [2.24, 2.45) is 0 Å². The second-order valence-corrected chi connectivity index (χ2v) is 6.04. The number of rotatable bonds is 5. The van der Waals surface area contributed by atoms with Crippen molar-refractivity contribution < 1.29 is 29.0 Å². The molecule has 26 heavy (non-hydrogen) atoms. The predicted octanol–water partition coefficient (Wildman–Crippen LogP) is 0.259. The van der Waals surface area contributed by atoms with Crippen molar-refractivity contribution in [1.82, 2.24) is 14.7 Å². The van der Waals surface area contributed by atoms with Gasteiger partial charge in [-0.2, -0.15) is 0 Å². The average molecular weight is 361 g/mol. The maximum absolute atomic E-state index is 12.7. The minimum atomic E-state index is -1.11. The van der Waals surface area contributed by atoms with Gasteiger partial charge in [-0.05, 0) is 25.1 Å². The number of likely N-dealkylation sites (N-methyl/N-ethyl adjacent to an activating group) is 1. The summed E-state index contributed by atoms with van der Waals surface area (Å²) < 4.78 is 5.09. The number of benzene rings is 1. The van der Waals surface area contributed by atoms with E-state index in [1.165, 1.54) is 20.8 Å². The Balaban J connectivity index is 1.72. The Morgan fingerprint density at radius 3 is 2.73 bits per heavy atom. The zero-order chi connectivity index (χ0) is 18.8. The maximum Gasteiger partial charge on any atom is 0.341 e. The zero-order valence-corrected chi connectivity index (χ0v) is 14.3. The van der Waals surface area contributed by atoms with Gasteiger partial charge in [-0.3, -0.25) is 14.5 Å². The molecule has 3 rings (SSSR count). The first-order valence-electron chi connectivity index (χ1n) is 8.28. The van der Waals surface area contributed by atoms with Crippen molar-refractivity contribution in [3.63, 3.8) is 0 Å². The molecule has 2 saturated heterocycles. The highest BCUT2D eigenvalue weighted by molar-refractivity contribution is 6.05. The van der Waals surface area contributed by atoms with Crippen molar-refractivity contribution in [2.45, 2.75) is 13.0 Å². The highest BCUT2D eigenvalue weighted by Gasteiger charge is 2.47. The lowest BCUT2D eigenvalue weighted by Crippen LogP contribution is -2.54. The van der Waals surface area contributed by atoms with Crippen molar-refractivity contribution in [3.8, 4) is 5.75 Å². The van der Waals surface area contributed by atoms with Crippen molar-refractivity contribution >= 4 is 23.8 Å². The Kier molecular flexibility index (Phi) is 4.79. The highest BCUT2D eigenvalue weighted by atomic mass is 16.5. The summed E-state index contributed by atoms with van der Waals surface area (Å²) in [6.45, 7) is 2.31. The number of aliphatic carboxylic acids is 1. The summed E-state index contributed by atoms with van der Waals surface area (Å²) in [5, 5.41) is 8.66. The molecule has 2 fully saturated rings. The normalized spacial score (nSPS) is 19.6. The smallest absolute Gasteiger partial charge is 0.341 e. The van der Waals surface area contributed by atoms with Crippen LogP contribution >= 0.6 is 0 Å². The van der Waals surface area contributed by atoms with Crippen LogP contribution in [0.15, 0.2) is 24.3 Å². The molecule has 0 bridgehead atoms. The maximum atomic E-state index is 12.7. The highest BCUT2D eigenvalue weighted by Crippen LogP contribution is 2.23. The Bertz CT molecular complexity index is 765. The van der Waals surface area contributed by atoms with Gasteiger partial charge in [0.1, 0.15) is 11.8 Å². The summed E-state index contributed by atoms with van der Waals surface area (Å²) in [4.78, 5) is 52.1. The van der Waals surface area contributed by atoms with E-state index in [0.717, 1.165) is 0 Å². The molecule has 0 aliphatic carbocycles. The molecular formula is C17H19N3O6. The van der Waals surface area contributed by atoms with Gasteiger partial charge in [0, 0.05) is 25.2 Å². The number of carboxylic acid groups (broad SMARTS) is 1. The molecule has 2 aliphatic rings. The van der Waals surface area contributed by atoms with Gasteiger partial charge in [0.2, 0.25) is 0 Å². The van der Waals surface area contributed by atoms with Crippen LogP contribution in [0.25, 0.3) is 0 Å². The van der Waals surface area contributed by atoms with Crippen LogP contribution in [0.2, 0.25) is 0 Å². The third-order valence-corrected chi connectivity index (χ3v) is 4.45. The van der Waals surface area contributed by atoms with Gasteiger partial charge in [0.05, 0.1) is 6.54 Å². The molecule has 1 aromatic carbocycles. The van der Waals surface area contributed by atoms with E-state index in [4.69, 9.17) is 9.84 Å². The number of carbonyl (C=O) groups is 4. The fraction of sp³-hybridized carbons (Fsp3) is 0.412. The SMILES string of the molecule is CCN1C(=O)C2CN(C(=O)c3cccc(OCC(=O)O)c3)CCN2C1=O. The molecule has 138 valence electrons. The molecule has 9 heteroatoms. The summed E-state index contributed by atoms with van der Waals surface area (Å²) in [6, 6.07) is 5.28. The number of ether oxygens (including phenoxy) is 1. The Morgan fingerprint density at radius 1 is 1.27 bits per heavy atom. The third kappa shape index (κ3) is 3.19. The second-order valence-electron chi connectivity index (χ2n) is 6.04. The quantitative estimate of drug-likeness (QED) is 0.754. The fourth-order valence-corrected chi connectivity index (χ4v) is 3.17. The summed E-state index contributed by atoms with van der Waals surface area (Å²) in [6.07, 6.45) is 0. The molecule has 1 aromatic rings. The largest absolute Gasteiger partial charge is 0.482 e. The van der Waals surface area contributed by atoms with Gasteiger partial charge in [0.25, 0.3) is 11.8 Å². The summed E-state index contributed by atoms with van der Waals surface area (Å²) in [5.41, 5.74) is 0.338. The predicted molar refractivity (Wildman–Crippen MR) is 88.8 cm³/mol. The minimum absolute atomic E-state index is 0.139. The van der Waals surface area contributed by atoms with Crippen molar-refractivity contribution in [1.29, 1.82) is 0 Å². The fourth-order valence-electron chi connectivity index (χ4n) is 3.17. The molecule has 0 spiro atoms. The molecule has 0 radical (unpaired) electrons. The van der Waals surface area contributed by atoms with Crippen LogP contribution in [0.3, 0.4) is 0 Å². The molecule has 1 unspecified atom stereocenters. The van der Waals surface area contributed by atoms with Crippen LogP contribution in [0.1, 0.15) is 17.3 Å². The van der Waals surface area contributed by atoms with E-state index in [9.17, 15) is 19.2 Å². The summed E-state index contributed by atoms with van der Waals surface area (Å²) in [5.74, 6) is -1.40. The lowest BCUT2D eigenvalue weighted by Gasteiger charge is -2.35. The molecule has 1 N–H and O–H groups in total. The number of amides is 4. The van der Waals surface area contributed by atoms with Gasteiger partial charge in [0.15, 0.2) is 6.61 Å². The molecule has 0 saturated carbocycles. The number of hydrogen-bond acceptors (Lipinski definition) is 5. The molecule has 1 atom stereocenters. The van der Waals surface area contributed by atoms with Gasteiger partial charge in [-0.15, -0.1) is 0 Å². The van der Waals surface area contributed by atoms with E-state index in [2.05, 4.69) is 0 Å². The number of hydrogen-bond donors (Lipinski definition) is 1. The number of fused-ring (bicyclic) bond motifs is 1. The lowest BCUT2D eigenvalue weighted by molar-refractivity contribution is -0.139. The molecule has 0 aromatic heterocycles. The van der Waals surface area contributed by atoms with E-state index in [1.54, 1.807) is 25.1 Å².